The molecule has 1 heterocycles. The second-order valence-corrected chi connectivity index (χ2v) is 11.0. The normalized spacial score (nSPS) is 14.9. The van der Waals surface area contributed by atoms with Gasteiger partial charge in [0.1, 0.15) is 5.56 Å². The summed E-state index contributed by atoms with van der Waals surface area (Å²) in [5.74, 6) is 2.94. The van der Waals surface area contributed by atoms with Gasteiger partial charge in [-0.1, -0.05) is 30.3 Å². The number of nitriles is 1. The standard InChI is InChI=1S/C27H26F2N4O3S/c1-17-24(19-5-3-6-20(13-19)26(28)29)25(34)23(15-33(17)21-7-4-8-21)27(35)31-14-18-9-11-22(12-10-18)37(2,36)32-16-30/h3,5-6,9-13,15,21,26H,2,4,7-8,14H2,1H3,(H,31,35)(H,32,36). The predicted octanol–water partition coefficient (Wildman–Crippen LogP) is 4.48. The van der Waals surface area contributed by atoms with Crippen LogP contribution in [0.4, 0.5) is 8.78 Å². The van der Waals surface area contributed by atoms with Gasteiger partial charge in [-0.25, -0.2) is 17.7 Å². The van der Waals surface area contributed by atoms with Crippen molar-refractivity contribution >= 4 is 21.5 Å². The van der Waals surface area contributed by atoms with E-state index in [4.69, 9.17) is 5.26 Å². The summed E-state index contributed by atoms with van der Waals surface area (Å²) >= 11 is 0. The molecule has 0 radical (unpaired) electrons. The van der Waals surface area contributed by atoms with Crippen molar-refractivity contribution in [1.82, 2.24) is 14.6 Å². The highest BCUT2D eigenvalue weighted by Crippen LogP contribution is 2.35. The first kappa shape index (κ1) is 26.1. The summed E-state index contributed by atoms with van der Waals surface area (Å²) in [6.07, 6.45) is 3.35. The van der Waals surface area contributed by atoms with Crippen LogP contribution in [0.1, 0.15) is 58.9 Å². The summed E-state index contributed by atoms with van der Waals surface area (Å²) in [5.41, 5.74) is 1.12. The number of alkyl halides is 2. The molecule has 1 amide bonds. The lowest BCUT2D eigenvalue weighted by Crippen LogP contribution is -2.32. The molecule has 1 aliphatic carbocycles. The summed E-state index contributed by atoms with van der Waals surface area (Å²) in [4.78, 5) is 27.0. The molecule has 1 unspecified atom stereocenters. The molecule has 2 N–H and O–H groups in total. The van der Waals surface area contributed by atoms with Gasteiger partial charge in [0.2, 0.25) is 5.43 Å². The fraction of sp³-hybridized carbons (Fsp3) is 0.259. The van der Waals surface area contributed by atoms with E-state index in [-0.39, 0.29) is 29.3 Å². The van der Waals surface area contributed by atoms with Gasteiger partial charge in [0.25, 0.3) is 12.3 Å². The van der Waals surface area contributed by atoms with Gasteiger partial charge in [0.15, 0.2) is 6.19 Å². The van der Waals surface area contributed by atoms with Crippen LogP contribution in [0.2, 0.25) is 0 Å². The molecular weight excluding hydrogens is 498 g/mol. The molecule has 3 aromatic rings. The van der Waals surface area contributed by atoms with E-state index in [1.807, 2.05) is 4.57 Å². The summed E-state index contributed by atoms with van der Waals surface area (Å²) in [5, 5.41) is 11.5. The zero-order valence-electron chi connectivity index (χ0n) is 20.2. The van der Waals surface area contributed by atoms with E-state index >= 15 is 0 Å². The first-order valence-electron chi connectivity index (χ1n) is 11.7. The number of hydrogen-bond donors (Lipinski definition) is 2. The van der Waals surface area contributed by atoms with Crippen LogP contribution in [-0.2, 0) is 16.3 Å². The number of halogens is 2. The van der Waals surface area contributed by atoms with E-state index in [0.29, 0.717) is 21.7 Å². The van der Waals surface area contributed by atoms with E-state index in [2.05, 4.69) is 15.9 Å². The van der Waals surface area contributed by atoms with Crippen molar-refractivity contribution in [2.75, 3.05) is 0 Å². The van der Waals surface area contributed by atoms with Crippen molar-refractivity contribution in [1.29, 1.82) is 5.26 Å². The van der Waals surface area contributed by atoms with E-state index in [1.54, 1.807) is 49.6 Å². The molecule has 1 fully saturated rings. The first-order valence-corrected chi connectivity index (χ1v) is 13.4. The highest BCUT2D eigenvalue weighted by atomic mass is 32.2. The maximum atomic E-state index is 13.5. The molecule has 0 aliphatic heterocycles. The molecule has 7 nitrogen and oxygen atoms in total. The topological polar surface area (TPSA) is 104 Å². The summed E-state index contributed by atoms with van der Waals surface area (Å²) < 4.78 is 43.1. The number of carbonyl (C=O) groups is 1. The monoisotopic (exact) mass is 524 g/mol. The van der Waals surface area contributed by atoms with Crippen molar-refractivity contribution in [3.8, 4) is 17.3 Å². The molecule has 10 heteroatoms. The van der Waals surface area contributed by atoms with E-state index in [9.17, 15) is 22.6 Å². The average molecular weight is 525 g/mol. The lowest BCUT2D eigenvalue weighted by Gasteiger charge is -2.31. The minimum atomic E-state index is -2.95. The average Bonchev–Trinajstić information content (AvgIpc) is 2.83. The van der Waals surface area contributed by atoms with Crippen molar-refractivity contribution < 1.29 is 17.8 Å². The van der Waals surface area contributed by atoms with Crippen LogP contribution in [-0.4, -0.2) is 20.6 Å². The zero-order valence-corrected chi connectivity index (χ0v) is 21.0. The highest BCUT2D eigenvalue weighted by Gasteiger charge is 2.26. The third-order valence-electron chi connectivity index (χ3n) is 6.60. The fourth-order valence-electron chi connectivity index (χ4n) is 4.34. The predicted molar refractivity (Wildman–Crippen MR) is 139 cm³/mol. The van der Waals surface area contributed by atoms with E-state index in [0.717, 1.165) is 19.3 Å². The number of benzene rings is 2. The molecule has 0 saturated heterocycles. The zero-order chi connectivity index (χ0) is 26.7. The number of hydrogen-bond acceptors (Lipinski definition) is 4. The number of amides is 1. The second-order valence-electron chi connectivity index (χ2n) is 8.97. The lowest BCUT2D eigenvalue weighted by atomic mass is 9.91. The Morgan fingerprint density at radius 2 is 1.95 bits per heavy atom. The molecule has 192 valence electrons. The van der Waals surface area contributed by atoms with Gasteiger partial charge in [0.05, 0.1) is 14.6 Å². The summed E-state index contributed by atoms with van der Waals surface area (Å²) in [6.45, 7) is 1.87. The maximum Gasteiger partial charge on any atom is 0.263 e. The lowest BCUT2D eigenvalue weighted by molar-refractivity contribution is 0.0948. The quantitative estimate of drug-likeness (QED) is 0.258. The van der Waals surface area contributed by atoms with Crippen LogP contribution in [0, 0.1) is 18.4 Å². The number of aromatic nitrogens is 1. The Bertz CT molecular complexity index is 1540. The third kappa shape index (κ3) is 5.42. The number of nitrogens with one attached hydrogen (secondary N) is 2. The Labute approximate surface area is 213 Å². The van der Waals surface area contributed by atoms with Gasteiger partial charge >= 0.3 is 0 Å². The molecule has 37 heavy (non-hydrogen) atoms. The molecule has 4 rings (SSSR count). The Balaban J connectivity index is 1.65. The van der Waals surface area contributed by atoms with Gasteiger partial charge in [-0.05, 0) is 61.4 Å². The van der Waals surface area contributed by atoms with Gasteiger partial charge in [-0.2, -0.15) is 5.26 Å². The minimum Gasteiger partial charge on any atom is -0.348 e. The highest BCUT2D eigenvalue weighted by molar-refractivity contribution is 7.98. The number of nitrogens with zero attached hydrogens (tertiary/aromatic N) is 2. The third-order valence-corrected chi connectivity index (χ3v) is 8.05. The molecule has 0 bridgehead atoms. The molecule has 0 spiro atoms. The van der Waals surface area contributed by atoms with Crippen LogP contribution in [0.5, 0.6) is 0 Å². The van der Waals surface area contributed by atoms with Crippen molar-refractivity contribution in [2.24, 2.45) is 0 Å². The first-order chi connectivity index (χ1) is 17.6. The van der Waals surface area contributed by atoms with Crippen LogP contribution in [0.3, 0.4) is 0 Å². The van der Waals surface area contributed by atoms with Gasteiger partial charge in [-0.15, -0.1) is 0 Å². The fourth-order valence-corrected chi connectivity index (χ4v) is 5.18. The van der Waals surface area contributed by atoms with E-state index < -0.39 is 27.5 Å². The molecule has 1 aromatic heterocycles. The van der Waals surface area contributed by atoms with Crippen LogP contribution < -0.4 is 15.5 Å². The Kier molecular flexibility index (Phi) is 7.45. The molecule has 2 aromatic carbocycles. The van der Waals surface area contributed by atoms with Crippen molar-refractivity contribution in [3.05, 3.63) is 87.3 Å². The van der Waals surface area contributed by atoms with E-state index in [1.165, 1.54) is 18.2 Å². The van der Waals surface area contributed by atoms with Crippen molar-refractivity contribution in [2.45, 2.75) is 50.1 Å². The largest absolute Gasteiger partial charge is 0.348 e. The molecule has 1 saturated carbocycles. The van der Waals surface area contributed by atoms with Gasteiger partial charge in [0, 0.05) is 35.6 Å². The summed E-state index contributed by atoms with van der Waals surface area (Å²) in [7, 11) is -2.95. The molecule has 1 atom stereocenters. The number of pyridine rings is 1. The number of carbonyl (C=O) groups excluding carboxylic acids is 1. The number of rotatable bonds is 8. The summed E-state index contributed by atoms with van der Waals surface area (Å²) in [6, 6.07) is 12.2. The Hall–Kier alpha value is -3.97. The Morgan fingerprint density at radius 3 is 2.54 bits per heavy atom. The van der Waals surface area contributed by atoms with Crippen LogP contribution >= 0.6 is 0 Å². The van der Waals surface area contributed by atoms with Gasteiger partial charge < -0.3 is 9.88 Å². The second kappa shape index (κ2) is 10.6. The Morgan fingerprint density at radius 1 is 1.24 bits per heavy atom. The maximum absolute atomic E-state index is 13.5. The molecule has 1 aliphatic rings. The molecular formula is C27H26F2N4O3S. The van der Waals surface area contributed by atoms with Crippen LogP contribution in [0.25, 0.3) is 11.1 Å². The smallest absolute Gasteiger partial charge is 0.263 e. The van der Waals surface area contributed by atoms with Crippen molar-refractivity contribution in [3.63, 3.8) is 0 Å². The van der Waals surface area contributed by atoms with Crippen LogP contribution in [0.15, 0.2) is 64.4 Å². The minimum absolute atomic E-state index is 0.0643. The SMILES string of the molecule is C=S(=O)(NC#N)c1ccc(CNC(=O)c2cn(C3CCC3)c(C)c(-c3cccc(C(F)F)c3)c2=O)cc1. The van der Waals surface area contributed by atoms with Gasteiger partial charge in [-0.3, -0.25) is 9.59 Å².